The fourth-order valence-corrected chi connectivity index (χ4v) is 1.65. The second kappa shape index (κ2) is 5.19. The normalized spacial score (nSPS) is 10.2. The van der Waals surface area contributed by atoms with E-state index in [2.05, 4.69) is 0 Å². The summed E-state index contributed by atoms with van der Waals surface area (Å²) >= 11 is 5.77. The van der Waals surface area contributed by atoms with Gasteiger partial charge in [0.05, 0.1) is 5.56 Å². The molecule has 2 aromatic rings. The fraction of sp³-hybridized carbons (Fsp3) is 0.0714. The van der Waals surface area contributed by atoms with E-state index in [-0.39, 0.29) is 5.82 Å². The quantitative estimate of drug-likeness (QED) is 0.769. The summed E-state index contributed by atoms with van der Waals surface area (Å²) in [6.07, 6.45) is 0.645. The number of ether oxygens (including phenoxy) is 1. The van der Waals surface area contributed by atoms with Crippen LogP contribution in [0.1, 0.15) is 15.9 Å². The summed E-state index contributed by atoms with van der Waals surface area (Å²) in [5.74, 6) is 0.329. The highest BCUT2D eigenvalue weighted by Gasteiger charge is 2.06. The Morgan fingerprint density at radius 3 is 2.67 bits per heavy atom. The Hall–Kier alpha value is -1.87. The number of hydrogen-bond donors (Lipinski definition) is 0. The smallest absolute Gasteiger partial charge is 0.153 e. The van der Waals surface area contributed by atoms with Gasteiger partial charge >= 0.3 is 0 Å². The van der Waals surface area contributed by atoms with Gasteiger partial charge in [-0.3, -0.25) is 4.79 Å². The van der Waals surface area contributed by atoms with Gasteiger partial charge in [0.25, 0.3) is 0 Å². The topological polar surface area (TPSA) is 26.3 Å². The molecule has 0 bridgehead atoms. The average Bonchev–Trinajstić information content (AvgIpc) is 2.36. The van der Waals surface area contributed by atoms with Crippen LogP contribution >= 0.6 is 11.6 Å². The van der Waals surface area contributed by atoms with Crippen molar-refractivity contribution in [2.24, 2.45) is 0 Å². The molecule has 18 heavy (non-hydrogen) atoms. The van der Waals surface area contributed by atoms with Gasteiger partial charge < -0.3 is 4.74 Å². The molecule has 0 radical (unpaired) electrons. The number of aldehydes is 1. The van der Waals surface area contributed by atoms with E-state index < -0.39 is 0 Å². The molecule has 4 heteroatoms. The Bertz CT molecular complexity index is 596. The molecule has 0 spiro atoms. The maximum Gasteiger partial charge on any atom is 0.153 e. The van der Waals surface area contributed by atoms with Crippen molar-refractivity contribution in [3.63, 3.8) is 0 Å². The van der Waals surface area contributed by atoms with Crippen molar-refractivity contribution in [2.45, 2.75) is 6.92 Å². The monoisotopic (exact) mass is 264 g/mol. The zero-order valence-corrected chi connectivity index (χ0v) is 10.4. The molecule has 0 atom stereocenters. The predicted octanol–water partition coefficient (Wildman–Crippen LogP) is 4.39. The molecular formula is C14H10ClFO2. The molecule has 0 aliphatic carbocycles. The first-order valence-electron chi connectivity index (χ1n) is 5.29. The number of halogens is 2. The molecule has 0 aromatic heterocycles. The molecule has 0 heterocycles. The van der Waals surface area contributed by atoms with Crippen LogP contribution in [0.15, 0.2) is 36.4 Å². The lowest BCUT2D eigenvalue weighted by Gasteiger charge is -2.08. The molecule has 0 aliphatic rings. The van der Waals surface area contributed by atoms with Gasteiger partial charge in [-0.25, -0.2) is 4.39 Å². The maximum atomic E-state index is 13.4. The molecule has 0 aliphatic heterocycles. The van der Waals surface area contributed by atoms with Crippen molar-refractivity contribution in [1.82, 2.24) is 0 Å². The largest absolute Gasteiger partial charge is 0.457 e. The Kier molecular flexibility index (Phi) is 3.63. The second-order valence-corrected chi connectivity index (χ2v) is 4.25. The molecule has 0 amide bonds. The van der Waals surface area contributed by atoms with Crippen molar-refractivity contribution >= 4 is 17.9 Å². The summed E-state index contributed by atoms with van der Waals surface area (Å²) in [5.41, 5.74) is 0.859. The van der Waals surface area contributed by atoms with Crippen LogP contribution in [0, 0.1) is 12.7 Å². The Morgan fingerprint density at radius 2 is 2.00 bits per heavy atom. The van der Waals surface area contributed by atoms with Crippen LogP contribution in [0.3, 0.4) is 0 Å². The van der Waals surface area contributed by atoms with Crippen LogP contribution in [-0.4, -0.2) is 6.29 Å². The first-order valence-corrected chi connectivity index (χ1v) is 5.66. The molecule has 92 valence electrons. The molecule has 0 fully saturated rings. The van der Waals surface area contributed by atoms with E-state index in [0.717, 1.165) is 0 Å². The summed E-state index contributed by atoms with van der Waals surface area (Å²) in [6.45, 7) is 1.66. The molecule has 2 nitrogen and oxygen atoms in total. The minimum absolute atomic E-state index is 0.323. The van der Waals surface area contributed by atoms with E-state index in [9.17, 15) is 9.18 Å². The van der Waals surface area contributed by atoms with Gasteiger partial charge in [-0.2, -0.15) is 0 Å². The van der Waals surface area contributed by atoms with Crippen molar-refractivity contribution in [1.29, 1.82) is 0 Å². The summed E-state index contributed by atoms with van der Waals surface area (Å²) in [6, 6.07) is 9.20. The molecule has 0 unspecified atom stereocenters. The lowest BCUT2D eigenvalue weighted by molar-refractivity contribution is 0.112. The lowest BCUT2D eigenvalue weighted by Crippen LogP contribution is -1.91. The standard InChI is InChI=1S/C14H10ClFO2/c1-9-2-4-12(7-13(9)16)18-14-5-3-11(15)6-10(14)8-17/h2-8H,1H3. The van der Waals surface area contributed by atoms with E-state index in [1.165, 1.54) is 12.1 Å². The third kappa shape index (κ3) is 2.68. The predicted molar refractivity (Wildman–Crippen MR) is 68.1 cm³/mol. The van der Waals surface area contributed by atoms with Crippen LogP contribution in [-0.2, 0) is 0 Å². The molecular weight excluding hydrogens is 255 g/mol. The van der Waals surface area contributed by atoms with Crippen molar-refractivity contribution in [3.8, 4) is 11.5 Å². The van der Waals surface area contributed by atoms with Crippen LogP contribution < -0.4 is 4.74 Å². The number of hydrogen-bond acceptors (Lipinski definition) is 2. The Morgan fingerprint density at radius 1 is 1.22 bits per heavy atom. The van der Waals surface area contributed by atoms with Crippen LogP contribution in [0.2, 0.25) is 5.02 Å². The molecule has 0 saturated carbocycles. The highest BCUT2D eigenvalue weighted by atomic mass is 35.5. The number of benzene rings is 2. The van der Waals surface area contributed by atoms with E-state index in [0.29, 0.717) is 33.9 Å². The van der Waals surface area contributed by atoms with E-state index in [1.54, 1.807) is 31.2 Å². The minimum atomic E-state index is -0.353. The maximum absolute atomic E-state index is 13.4. The van der Waals surface area contributed by atoms with Gasteiger partial charge in [0, 0.05) is 11.1 Å². The number of aryl methyl sites for hydroxylation is 1. The van der Waals surface area contributed by atoms with Gasteiger partial charge in [-0.05, 0) is 36.8 Å². The highest BCUT2D eigenvalue weighted by Crippen LogP contribution is 2.27. The zero-order valence-electron chi connectivity index (χ0n) is 9.61. The third-order valence-electron chi connectivity index (χ3n) is 2.47. The second-order valence-electron chi connectivity index (χ2n) is 3.81. The Labute approximate surface area is 109 Å². The zero-order chi connectivity index (χ0) is 13.1. The van der Waals surface area contributed by atoms with Crippen molar-refractivity contribution in [2.75, 3.05) is 0 Å². The lowest BCUT2D eigenvalue weighted by atomic mass is 10.2. The van der Waals surface area contributed by atoms with Gasteiger partial charge in [-0.15, -0.1) is 0 Å². The average molecular weight is 265 g/mol. The molecule has 0 saturated heterocycles. The first-order chi connectivity index (χ1) is 8.60. The van der Waals surface area contributed by atoms with Crippen LogP contribution in [0.4, 0.5) is 4.39 Å². The number of carbonyl (C=O) groups is 1. The fourth-order valence-electron chi connectivity index (χ4n) is 1.47. The van der Waals surface area contributed by atoms with Crippen molar-refractivity contribution in [3.05, 3.63) is 58.4 Å². The van der Waals surface area contributed by atoms with E-state index in [1.807, 2.05) is 0 Å². The molecule has 2 rings (SSSR count). The van der Waals surface area contributed by atoms with E-state index >= 15 is 0 Å². The van der Waals surface area contributed by atoms with Crippen LogP contribution in [0.25, 0.3) is 0 Å². The first kappa shape index (κ1) is 12.6. The Balaban J connectivity index is 2.33. The van der Waals surface area contributed by atoms with Gasteiger partial charge in [0.2, 0.25) is 0 Å². The van der Waals surface area contributed by atoms with Crippen LogP contribution in [0.5, 0.6) is 11.5 Å². The summed E-state index contributed by atoms with van der Waals surface area (Å²) in [4.78, 5) is 10.9. The highest BCUT2D eigenvalue weighted by molar-refractivity contribution is 6.30. The number of rotatable bonds is 3. The summed E-state index contributed by atoms with van der Waals surface area (Å²) < 4.78 is 18.8. The minimum Gasteiger partial charge on any atom is -0.457 e. The number of carbonyl (C=O) groups excluding carboxylic acids is 1. The van der Waals surface area contributed by atoms with E-state index in [4.69, 9.17) is 16.3 Å². The SMILES string of the molecule is Cc1ccc(Oc2ccc(Cl)cc2C=O)cc1F. The van der Waals surface area contributed by atoms with Crippen molar-refractivity contribution < 1.29 is 13.9 Å². The van der Waals surface area contributed by atoms with Gasteiger partial charge in [0.1, 0.15) is 17.3 Å². The summed E-state index contributed by atoms with van der Waals surface area (Å²) in [5, 5.41) is 0.444. The molecule has 2 aromatic carbocycles. The third-order valence-corrected chi connectivity index (χ3v) is 2.71. The van der Waals surface area contributed by atoms with Gasteiger partial charge in [0.15, 0.2) is 6.29 Å². The summed E-state index contributed by atoms with van der Waals surface area (Å²) in [7, 11) is 0. The molecule has 0 N–H and O–H groups in total. The van der Waals surface area contributed by atoms with Gasteiger partial charge in [-0.1, -0.05) is 17.7 Å².